The Hall–Kier alpha value is -0.380. The second-order valence-electron chi connectivity index (χ2n) is 2.33. The first kappa shape index (κ1) is 10.7. The molecule has 1 aromatic rings. The highest BCUT2D eigenvalue weighted by molar-refractivity contribution is 8.00. The number of nitrogens with two attached hydrogens (primary N) is 1. The first-order chi connectivity index (χ1) is 6.09. The first-order valence-electron chi connectivity index (χ1n) is 3.46. The molecule has 1 aromatic carbocycles. The maximum absolute atomic E-state index is 10.5. The van der Waals surface area contributed by atoms with Crippen LogP contribution in [0.2, 0.25) is 10.0 Å². The van der Waals surface area contributed by atoms with Gasteiger partial charge in [-0.25, -0.2) is 0 Å². The van der Waals surface area contributed by atoms with Crippen LogP contribution in [0.15, 0.2) is 23.1 Å². The summed E-state index contributed by atoms with van der Waals surface area (Å²) in [7, 11) is 0. The highest BCUT2D eigenvalue weighted by Crippen LogP contribution is 2.29. The summed E-state index contributed by atoms with van der Waals surface area (Å²) < 4.78 is 0. The van der Waals surface area contributed by atoms with Crippen LogP contribution in [0.1, 0.15) is 0 Å². The van der Waals surface area contributed by atoms with E-state index in [4.69, 9.17) is 28.9 Å². The Kier molecular flexibility index (Phi) is 3.90. The van der Waals surface area contributed by atoms with Crippen LogP contribution in [-0.2, 0) is 4.79 Å². The zero-order valence-electron chi connectivity index (χ0n) is 6.59. The number of thioether (sulfide) groups is 1. The zero-order valence-corrected chi connectivity index (χ0v) is 8.92. The van der Waals surface area contributed by atoms with Crippen LogP contribution in [-0.4, -0.2) is 11.7 Å². The summed E-state index contributed by atoms with van der Waals surface area (Å²) in [5.41, 5.74) is 4.99. The highest BCUT2D eigenvalue weighted by atomic mass is 35.5. The van der Waals surface area contributed by atoms with Crippen molar-refractivity contribution in [3.05, 3.63) is 28.2 Å². The van der Waals surface area contributed by atoms with Crippen molar-refractivity contribution in [1.82, 2.24) is 0 Å². The molecule has 0 fully saturated rings. The van der Waals surface area contributed by atoms with Gasteiger partial charge in [0, 0.05) is 9.92 Å². The van der Waals surface area contributed by atoms with Gasteiger partial charge in [0.15, 0.2) is 0 Å². The van der Waals surface area contributed by atoms with Gasteiger partial charge in [-0.05, 0) is 18.2 Å². The van der Waals surface area contributed by atoms with Gasteiger partial charge >= 0.3 is 0 Å². The quantitative estimate of drug-likeness (QED) is 0.819. The van der Waals surface area contributed by atoms with Gasteiger partial charge in [-0.2, -0.15) is 0 Å². The van der Waals surface area contributed by atoms with E-state index in [1.165, 1.54) is 11.8 Å². The number of hydrogen-bond donors (Lipinski definition) is 1. The van der Waals surface area contributed by atoms with Crippen molar-refractivity contribution >= 4 is 40.9 Å². The number of benzene rings is 1. The fourth-order valence-electron chi connectivity index (χ4n) is 0.741. The second kappa shape index (κ2) is 4.74. The Labute approximate surface area is 90.4 Å². The topological polar surface area (TPSA) is 43.1 Å². The van der Waals surface area contributed by atoms with Crippen LogP contribution in [0.3, 0.4) is 0 Å². The van der Waals surface area contributed by atoms with Crippen LogP contribution < -0.4 is 5.73 Å². The molecule has 13 heavy (non-hydrogen) atoms. The minimum atomic E-state index is -0.365. The predicted octanol–water partition coefficient (Wildman–Crippen LogP) is 2.57. The first-order valence-corrected chi connectivity index (χ1v) is 5.20. The number of hydrogen-bond acceptors (Lipinski definition) is 2. The van der Waals surface area contributed by atoms with E-state index in [1.807, 2.05) is 0 Å². The van der Waals surface area contributed by atoms with E-state index in [0.717, 1.165) is 4.90 Å². The normalized spacial score (nSPS) is 10.0. The van der Waals surface area contributed by atoms with Gasteiger partial charge < -0.3 is 5.73 Å². The lowest BCUT2D eigenvalue weighted by Crippen LogP contribution is -2.12. The highest BCUT2D eigenvalue weighted by Gasteiger charge is 2.03. The van der Waals surface area contributed by atoms with E-state index in [-0.39, 0.29) is 11.7 Å². The number of carbonyl (C=O) groups excluding carboxylic acids is 1. The summed E-state index contributed by atoms with van der Waals surface area (Å²) >= 11 is 12.8. The predicted molar refractivity (Wildman–Crippen MR) is 56.4 cm³/mol. The Morgan fingerprint density at radius 1 is 1.46 bits per heavy atom. The summed E-state index contributed by atoms with van der Waals surface area (Å²) in [4.78, 5) is 11.3. The molecule has 2 N–H and O–H groups in total. The number of carbonyl (C=O) groups is 1. The molecule has 1 rings (SSSR count). The average molecular weight is 236 g/mol. The molecule has 0 atom stereocenters. The van der Waals surface area contributed by atoms with E-state index >= 15 is 0 Å². The fourth-order valence-corrected chi connectivity index (χ4v) is 1.97. The van der Waals surface area contributed by atoms with Crippen LogP contribution in [0, 0.1) is 0 Å². The van der Waals surface area contributed by atoms with Gasteiger partial charge in [0.1, 0.15) is 0 Å². The van der Waals surface area contributed by atoms with Gasteiger partial charge in [0.05, 0.1) is 10.8 Å². The Morgan fingerprint density at radius 2 is 2.15 bits per heavy atom. The molecule has 0 saturated carbocycles. The SMILES string of the molecule is NC(=O)CSc1ccc(Cl)cc1Cl. The van der Waals surface area contributed by atoms with Gasteiger partial charge in [-0.15, -0.1) is 11.8 Å². The van der Waals surface area contributed by atoms with E-state index in [9.17, 15) is 4.79 Å². The van der Waals surface area contributed by atoms with Gasteiger partial charge in [-0.1, -0.05) is 23.2 Å². The molecule has 0 spiro atoms. The third-order valence-electron chi connectivity index (χ3n) is 1.26. The van der Waals surface area contributed by atoms with Crippen molar-refractivity contribution < 1.29 is 4.79 Å². The summed E-state index contributed by atoms with van der Waals surface area (Å²) in [5, 5.41) is 1.12. The molecule has 0 bridgehead atoms. The van der Waals surface area contributed by atoms with Crippen LogP contribution in [0.25, 0.3) is 0 Å². The maximum Gasteiger partial charge on any atom is 0.227 e. The second-order valence-corrected chi connectivity index (χ2v) is 4.19. The minimum absolute atomic E-state index is 0.224. The standard InChI is InChI=1S/C8H7Cl2NOS/c9-5-1-2-7(6(10)3-5)13-4-8(11)12/h1-3H,4H2,(H2,11,12). The maximum atomic E-state index is 10.5. The number of halogens is 2. The Balaban J connectivity index is 2.72. The average Bonchev–Trinajstić information content (AvgIpc) is 2.02. The number of rotatable bonds is 3. The molecular weight excluding hydrogens is 229 g/mol. The summed E-state index contributed by atoms with van der Waals surface area (Å²) in [6, 6.07) is 5.11. The van der Waals surface area contributed by atoms with E-state index < -0.39 is 0 Å². The third kappa shape index (κ3) is 3.46. The molecule has 0 radical (unpaired) electrons. The van der Waals surface area contributed by atoms with E-state index in [2.05, 4.69) is 0 Å². The van der Waals surface area contributed by atoms with Gasteiger partial charge in [0.25, 0.3) is 0 Å². The third-order valence-corrected chi connectivity index (χ3v) is 3.02. The van der Waals surface area contributed by atoms with Gasteiger partial charge in [0.2, 0.25) is 5.91 Å². The molecule has 70 valence electrons. The lowest BCUT2D eigenvalue weighted by Gasteiger charge is -2.01. The van der Waals surface area contributed by atoms with E-state index in [0.29, 0.717) is 10.0 Å². The molecule has 5 heteroatoms. The summed E-state index contributed by atoms with van der Waals surface area (Å²) in [5.74, 6) is -0.141. The lowest BCUT2D eigenvalue weighted by molar-refractivity contribution is -0.115. The smallest absolute Gasteiger partial charge is 0.227 e. The molecule has 0 aromatic heterocycles. The molecule has 0 aliphatic heterocycles. The molecule has 0 aliphatic carbocycles. The van der Waals surface area contributed by atoms with Crippen molar-refractivity contribution in [2.75, 3.05) is 5.75 Å². The van der Waals surface area contributed by atoms with Crippen molar-refractivity contribution in [3.63, 3.8) is 0 Å². The molecule has 0 unspecified atom stereocenters. The summed E-state index contributed by atoms with van der Waals surface area (Å²) in [6.45, 7) is 0. The largest absolute Gasteiger partial charge is 0.369 e. The van der Waals surface area contributed by atoms with Crippen molar-refractivity contribution in [2.45, 2.75) is 4.90 Å². The molecule has 2 nitrogen and oxygen atoms in total. The van der Waals surface area contributed by atoms with Crippen LogP contribution in [0.4, 0.5) is 0 Å². The van der Waals surface area contributed by atoms with Crippen LogP contribution in [0.5, 0.6) is 0 Å². The Bertz CT molecular complexity index is 330. The van der Waals surface area contributed by atoms with Crippen LogP contribution >= 0.6 is 35.0 Å². The number of primary amides is 1. The minimum Gasteiger partial charge on any atom is -0.369 e. The van der Waals surface area contributed by atoms with Crippen molar-refractivity contribution in [3.8, 4) is 0 Å². The molecule has 0 saturated heterocycles. The molecule has 0 heterocycles. The molecule has 0 aliphatic rings. The molecular formula is C8H7Cl2NOS. The monoisotopic (exact) mass is 235 g/mol. The zero-order chi connectivity index (χ0) is 9.84. The Morgan fingerprint density at radius 3 is 2.69 bits per heavy atom. The van der Waals surface area contributed by atoms with Crippen molar-refractivity contribution in [2.24, 2.45) is 5.73 Å². The van der Waals surface area contributed by atoms with Gasteiger partial charge in [-0.3, -0.25) is 4.79 Å². The lowest BCUT2D eigenvalue weighted by atomic mass is 10.4. The number of amides is 1. The fraction of sp³-hybridized carbons (Fsp3) is 0.125. The summed E-state index contributed by atoms with van der Waals surface area (Å²) in [6.07, 6.45) is 0. The molecule has 1 amide bonds. The van der Waals surface area contributed by atoms with Crippen molar-refractivity contribution in [1.29, 1.82) is 0 Å². The van der Waals surface area contributed by atoms with E-state index in [1.54, 1.807) is 18.2 Å².